The first-order valence-electron chi connectivity index (χ1n) is 6.40. The van der Waals surface area contributed by atoms with Crippen LogP contribution in [0.2, 0.25) is 0 Å². The van der Waals surface area contributed by atoms with Gasteiger partial charge < -0.3 is 10.0 Å². The van der Waals surface area contributed by atoms with Gasteiger partial charge in [-0.05, 0) is 12.1 Å². The van der Waals surface area contributed by atoms with Crippen LogP contribution in [-0.4, -0.2) is 36.0 Å². The quantitative estimate of drug-likeness (QED) is 0.889. The van der Waals surface area contributed by atoms with Gasteiger partial charge >= 0.3 is 5.97 Å². The molecule has 0 fully saturated rings. The van der Waals surface area contributed by atoms with Crippen LogP contribution in [0.5, 0.6) is 0 Å². The Morgan fingerprint density at radius 1 is 1.20 bits per heavy atom. The van der Waals surface area contributed by atoms with Gasteiger partial charge in [-0.2, -0.15) is 0 Å². The molecule has 2 rings (SSSR count). The van der Waals surface area contributed by atoms with Crippen molar-refractivity contribution in [2.24, 2.45) is 0 Å². The van der Waals surface area contributed by atoms with Gasteiger partial charge in [0.2, 0.25) is 11.8 Å². The van der Waals surface area contributed by atoms with Crippen molar-refractivity contribution in [1.82, 2.24) is 0 Å². The van der Waals surface area contributed by atoms with Gasteiger partial charge in [-0.15, -0.1) is 0 Å². The summed E-state index contributed by atoms with van der Waals surface area (Å²) >= 11 is 0. The second-order valence-electron chi connectivity index (χ2n) is 3.97. The summed E-state index contributed by atoms with van der Waals surface area (Å²) in [6.07, 6.45) is 0. The molecule has 1 aliphatic rings. The molecule has 6 nitrogen and oxygen atoms in total. The van der Waals surface area contributed by atoms with Crippen molar-refractivity contribution in [2.45, 2.75) is 20.8 Å². The number of carbonyl (C=O) groups excluding carboxylic acids is 2. The first-order chi connectivity index (χ1) is 9.50. The lowest BCUT2D eigenvalue weighted by Gasteiger charge is -2.34. The molecular formula is C14H18N2O4. The highest BCUT2D eigenvalue weighted by molar-refractivity contribution is 6.11. The Hall–Kier alpha value is -2.37. The maximum absolute atomic E-state index is 11.9. The van der Waals surface area contributed by atoms with Gasteiger partial charge in [-0.1, -0.05) is 26.0 Å². The highest BCUT2D eigenvalue weighted by Crippen LogP contribution is 2.33. The van der Waals surface area contributed by atoms with E-state index < -0.39 is 18.4 Å². The summed E-state index contributed by atoms with van der Waals surface area (Å²) in [5.74, 6) is -1.73. The van der Waals surface area contributed by atoms with Crippen molar-refractivity contribution >= 4 is 29.2 Å². The predicted octanol–water partition coefficient (Wildman–Crippen LogP) is 1.50. The fourth-order valence-corrected chi connectivity index (χ4v) is 1.95. The molecule has 0 aliphatic carbocycles. The number of benzene rings is 1. The van der Waals surface area contributed by atoms with Gasteiger partial charge in [0.25, 0.3) is 0 Å². The van der Waals surface area contributed by atoms with E-state index in [2.05, 4.69) is 0 Å². The van der Waals surface area contributed by atoms with E-state index in [4.69, 9.17) is 5.11 Å². The lowest BCUT2D eigenvalue weighted by molar-refractivity contribution is -0.136. The molecule has 1 N–H and O–H groups in total. The summed E-state index contributed by atoms with van der Waals surface area (Å²) in [6, 6.07) is 6.76. The average Bonchev–Trinajstić information content (AvgIpc) is 2.43. The number of carbonyl (C=O) groups is 3. The first kappa shape index (κ1) is 15.7. The lowest BCUT2D eigenvalue weighted by atomic mass is 10.1. The van der Waals surface area contributed by atoms with Crippen molar-refractivity contribution < 1.29 is 19.5 Å². The fraction of sp³-hybridized carbons (Fsp3) is 0.357. The molecule has 0 atom stereocenters. The Morgan fingerprint density at radius 3 is 2.25 bits per heavy atom. The van der Waals surface area contributed by atoms with Crippen molar-refractivity contribution in [3.05, 3.63) is 24.3 Å². The van der Waals surface area contributed by atoms with E-state index in [1.165, 1.54) is 16.7 Å². The van der Waals surface area contributed by atoms with Crippen molar-refractivity contribution in [2.75, 3.05) is 22.9 Å². The van der Waals surface area contributed by atoms with Crippen LogP contribution in [0, 0.1) is 0 Å². The van der Waals surface area contributed by atoms with Gasteiger partial charge in [-0.25, -0.2) is 0 Å². The molecular weight excluding hydrogens is 260 g/mol. The Labute approximate surface area is 117 Å². The molecule has 2 amide bonds. The van der Waals surface area contributed by atoms with Crippen molar-refractivity contribution in [3.8, 4) is 0 Å². The van der Waals surface area contributed by atoms with Crippen LogP contribution >= 0.6 is 0 Å². The molecule has 0 spiro atoms. The molecule has 6 heteroatoms. The minimum atomic E-state index is -1.09. The van der Waals surface area contributed by atoms with Gasteiger partial charge in [-0.3, -0.25) is 19.3 Å². The number of anilines is 2. The zero-order chi connectivity index (χ0) is 15.3. The summed E-state index contributed by atoms with van der Waals surface area (Å²) in [4.78, 5) is 36.6. The van der Waals surface area contributed by atoms with E-state index in [1.807, 2.05) is 13.8 Å². The van der Waals surface area contributed by atoms with Crippen LogP contribution in [0.15, 0.2) is 24.3 Å². The number of carboxylic acids is 1. The Morgan fingerprint density at radius 2 is 1.75 bits per heavy atom. The van der Waals surface area contributed by atoms with E-state index in [9.17, 15) is 14.4 Å². The zero-order valence-corrected chi connectivity index (χ0v) is 11.8. The summed E-state index contributed by atoms with van der Waals surface area (Å²) in [7, 11) is 0. The molecule has 0 radical (unpaired) electrons. The van der Waals surface area contributed by atoms with E-state index in [1.54, 1.807) is 24.3 Å². The van der Waals surface area contributed by atoms with Crippen LogP contribution in [0.3, 0.4) is 0 Å². The van der Waals surface area contributed by atoms with Gasteiger partial charge in [0.1, 0.15) is 13.1 Å². The fourth-order valence-electron chi connectivity index (χ4n) is 1.95. The Kier molecular flexibility index (Phi) is 5.25. The number of fused-ring (bicyclic) bond motifs is 1. The van der Waals surface area contributed by atoms with Crippen LogP contribution < -0.4 is 9.80 Å². The third-order valence-electron chi connectivity index (χ3n) is 2.73. The minimum absolute atomic E-state index is 0.125. The summed E-state index contributed by atoms with van der Waals surface area (Å²) in [5.41, 5.74) is 1.01. The molecule has 0 unspecified atom stereocenters. The number of para-hydroxylation sites is 2. The smallest absolute Gasteiger partial charge is 0.323 e. The number of hydrogen-bond acceptors (Lipinski definition) is 3. The molecule has 20 heavy (non-hydrogen) atoms. The highest BCUT2D eigenvalue weighted by atomic mass is 16.4. The highest BCUT2D eigenvalue weighted by Gasteiger charge is 2.31. The van der Waals surface area contributed by atoms with Gasteiger partial charge in [0.05, 0.1) is 11.4 Å². The first-order valence-corrected chi connectivity index (χ1v) is 6.40. The minimum Gasteiger partial charge on any atom is -0.480 e. The zero-order valence-electron chi connectivity index (χ0n) is 11.8. The molecule has 1 aromatic rings. The predicted molar refractivity (Wildman–Crippen MR) is 75.8 cm³/mol. The average molecular weight is 278 g/mol. The summed E-state index contributed by atoms with van der Waals surface area (Å²) < 4.78 is 0. The third-order valence-corrected chi connectivity index (χ3v) is 2.73. The number of amides is 2. The van der Waals surface area contributed by atoms with E-state index >= 15 is 0 Å². The summed E-state index contributed by atoms with van der Waals surface area (Å²) in [6.45, 7) is 4.85. The number of nitrogens with zero attached hydrogens (tertiary/aromatic N) is 2. The molecule has 0 aromatic heterocycles. The lowest BCUT2D eigenvalue weighted by Crippen LogP contribution is -2.49. The monoisotopic (exact) mass is 278 g/mol. The number of hydrogen-bond donors (Lipinski definition) is 1. The summed E-state index contributed by atoms with van der Waals surface area (Å²) in [5, 5.41) is 8.81. The molecule has 0 bridgehead atoms. The topological polar surface area (TPSA) is 77.9 Å². The third kappa shape index (κ3) is 3.14. The van der Waals surface area contributed by atoms with Crippen LogP contribution in [0.4, 0.5) is 11.4 Å². The number of rotatable bonds is 2. The van der Waals surface area contributed by atoms with Crippen molar-refractivity contribution in [3.63, 3.8) is 0 Å². The SMILES string of the molecule is CC.CC(=O)N1CC(=O)N(CC(=O)O)c2ccccc21. The number of carboxylic acid groups (broad SMARTS) is 1. The van der Waals surface area contributed by atoms with Gasteiger partial charge in [0.15, 0.2) is 0 Å². The standard InChI is InChI=1S/C12H12N2O4.C2H6/c1-8(15)13-6-11(16)14(7-12(17)18)10-5-3-2-4-9(10)13;1-2/h2-5H,6-7H2,1H3,(H,17,18);1-2H3. The molecule has 0 saturated heterocycles. The maximum atomic E-state index is 11.9. The molecule has 0 saturated carbocycles. The van der Waals surface area contributed by atoms with E-state index in [0.29, 0.717) is 11.4 Å². The number of aliphatic carboxylic acids is 1. The normalized spacial score (nSPS) is 13.2. The van der Waals surface area contributed by atoms with E-state index in [0.717, 1.165) is 0 Å². The molecule has 1 heterocycles. The van der Waals surface area contributed by atoms with Crippen LogP contribution in [-0.2, 0) is 14.4 Å². The Balaban J connectivity index is 0.000000956. The maximum Gasteiger partial charge on any atom is 0.323 e. The molecule has 108 valence electrons. The van der Waals surface area contributed by atoms with Gasteiger partial charge in [0, 0.05) is 6.92 Å². The molecule has 1 aliphatic heterocycles. The second-order valence-corrected chi connectivity index (χ2v) is 3.97. The largest absolute Gasteiger partial charge is 0.480 e. The second kappa shape index (κ2) is 6.70. The van der Waals surface area contributed by atoms with Crippen molar-refractivity contribution in [1.29, 1.82) is 0 Å². The van der Waals surface area contributed by atoms with E-state index in [-0.39, 0.29) is 12.5 Å². The van der Waals surface area contributed by atoms with Crippen LogP contribution in [0.25, 0.3) is 0 Å². The Bertz CT molecular complexity index is 528. The molecule has 1 aromatic carbocycles. The van der Waals surface area contributed by atoms with Crippen LogP contribution in [0.1, 0.15) is 20.8 Å².